The number of hydrogen-bond donors (Lipinski definition) is 0. The molecule has 6 nitrogen and oxygen atoms in total. The van der Waals surface area contributed by atoms with Crippen molar-refractivity contribution in [1.29, 1.82) is 5.26 Å². The van der Waals surface area contributed by atoms with Crippen molar-refractivity contribution in [1.82, 2.24) is 19.4 Å². The number of benzene rings is 1. The van der Waals surface area contributed by atoms with E-state index in [1.807, 2.05) is 0 Å². The molecule has 0 spiro atoms. The molecule has 33 heavy (non-hydrogen) atoms. The molecule has 1 aromatic carbocycles. The standard InChI is InChI=1S/C27H35N5O/c1-27(2,3)15-23-19-32(24-17-29-25(16-28)30-26(23)24)18-20-5-7-21(8-6-20)22-9-11-31(12-10-22)13-14-33-4/h5-8,17,19,22H,9-15,18H2,1-4H3. The number of nitrogens with zero attached hydrogens (tertiary/aromatic N) is 5. The van der Waals surface area contributed by atoms with Crippen LogP contribution in [0.1, 0.15) is 62.0 Å². The van der Waals surface area contributed by atoms with Crippen molar-refractivity contribution in [3.05, 3.63) is 59.2 Å². The first kappa shape index (κ1) is 23.4. The van der Waals surface area contributed by atoms with Crippen LogP contribution in [0, 0.1) is 16.7 Å². The minimum atomic E-state index is 0.137. The van der Waals surface area contributed by atoms with E-state index in [9.17, 15) is 5.26 Å². The molecule has 1 aliphatic heterocycles. The van der Waals surface area contributed by atoms with Crippen molar-refractivity contribution in [3.63, 3.8) is 0 Å². The summed E-state index contributed by atoms with van der Waals surface area (Å²) in [6, 6.07) is 11.2. The van der Waals surface area contributed by atoms with Crippen molar-refractivity contribution in [2.45, 2.75) is 52.5 Å². The first-order chi connectivity index (χ1) is 15.9. The Morgan fingerprint density at radius 3 is 2.52 bits per heavy atom. The quantitative estimate of drug-likeness (QED) is 0.524. The highest BCUT2D eigenvalue weighted by molar-refractivity contribution is 5.79. The Labute approximate surface area is 197 Å². The lowest BCUT2D eigenvalue weighted by Crippen LogP contribution is -2.35. The number of piperidine rings is 1. The zero-order chi connectivity index (χ0) is 23.4. The summed E-state index contributed by atoms with van der Waals surface area (Å²) in [4.78, 5) is 11.3. The summed E-state index contributed by atoms with van der Waals surface area (Å²) in [5.41, 5.74) is 5.90. The van der Waals surface area contributed by atoms with Crippen molar-refractivity contribution >= 4 is 11.0 Å². The summed E-state index contributed by atoms with van der Waals surface area (Å²) in [5.74, 6) is 0.870. The van der Waals surface area contributed by atoms with E-state index in [1.54, 1.807) is 13.3 Å². The highest BCUT2D eigenvalue weighted by Gasteiger charge is 2.21. The van der Waals surface area contributed by atoms with Crippen LogP contribution in [0.2, 0.25) is 0 Å². The average Bonchev–Trinajstić information content (AvgIpc) is 3.13. The summed E-state index contributed by atoms with van der Waals surface area (Å²) in [5, 5.41) is 9.26. The molecule has 0 unspecified atom stereocenters. The summed E-state index contributed by atoms with van der Waals surface area (Å²) < 4.78 is 7.44. The molecule has 0 radical (unpaired) electrons. The van der Waals surface area contributed by atoms with Crippen molar-refractivity contribution in [2.75, 3.05) is 33.4 Å². The maximum atomic E-state index is 9.26. The first-order valence-corrected chi connectivity index (χ1v) is 11.9. The molecule has 174 valence electrons. The van der Waals surface area contributed by atoms with E-state index in [-0.39, 0.29) is 11.2 Å². The minimum Gasteiger partial charge on any atom is -0.383 e. The Kier molecular flexibility index (Phi) is 7.11. The fourth-order valence-electron chi connectivity index (χ4n) is 4.83. The predicted molar refractivity (Wildman–Crippen MR) is 131 cm³/mol. The monoisotopic (exact) mass is 445 g/mol. The third-order valence-corrected chi connectivity index (χ3v) is 6.52. The number of methoxy groups -OCH3 is 1. The van der Waals surface area contributed by atoms with Crippen LogP contribution in [-0.4, -0.2) is 52.8 Å². The molecule has 6 heteroatoms. The molecular formula is C27H35N5O. The summed E-state index contributed by atoms with van der Waals surface area (Å²) in [6.45, 7) is 11.6. The van der Waals surface area contributed by atoms with Crippen LogP contribution in [0.25, 0.3) is 11.0 Å². The predicted octanol–water partition coefficient (Wildman–Crippen LogP) is 4.77. The van der Waals surface area contributed by atoms with E-state index < -0.39 is 0 Å². The molecule has 0 atom stereocenters. The van der Waals surface area contributed by atoms with Gasteiger partial charge in [-0.1, -0.05) is 45.0 Å². The fourth-order valence-corrected chi connectivity index (χ4v) is 4.83. The van der Waals surface area contributed by atoms with Gasteiger partial charge in [0.15, 0.2) is 0 Å². The second-order valence-electron chi connectivity index (χ2n) is 10.4. The van der Waals surface area contributed by atoms with E-state index in [2.05, 4.69) is 76.7 Å². The van der Waals surface area contributed by atoms with Gasteiger partial charge in [0.1, 0.15) is 6.07 Å². The van der Waals surface area contributed by atoms with Crippen LogP contribution in [-0.2, 0) is 17.7 Å². The van der Waals surface area contributed by atoms with E-state index in [1.165, 1.54) is 29.5 Å². The molecular weight excluding hydrogens is 410 g/mol. The Morgan fingerprint density at radius 2 is 1.88 bits per heavy atom. The van der Waals surface area contributed by atoms with E-state index in [0.717, 1.165) is 50.2 Å². The van der Waals surface area contributed by atoms with Crippen LogP contribution in [0.5, 0.6) is 0 Å². The van der Waals surface area contributed by atoms with Gasteiger partial charge in [-0.2, -0.15) is 5.26 Å². The third-order valence-electron chi connectivity index (χ3n) is 6.52. The van der Waals surface area contributed by atoms with Crippen LogP contribution in [0.3, 0.4) is 0 Å². The van der Waals surface area contributed by atoms with E-state index >= 15 is 0 Å². The molecule has 4 rings (SSSR count). The number of aromatic nitrogens is 3. The molecule has 0 N–H and O–H groups in total. The summed E-state index contributed by atoms with van der Waals surface area (Å²) in [7, 11) is 1.77. The van der Waals surface area contributed by atoms with E-state index in [4.69, 9.17) is 4.74 Å². The number of ether oxygens (including phenoxy) is 1. The van der Waals surface area contributed by atoms with Gasteiger partial charge in [-0.05, 0) is 60.4 Å². The van der Waals surface area contributed by atoms with Gasteiger partial charge in [-0.15, -0.1) is 0 Å². The summed E-state index contributed by atoms with van der Waals surface area (Å²) in [6.07, 6.45) is 7.30. The second kappa shape index (κ2) is 10.0. The molecule has 3 heterocycles. The number of rotatable bonds is 7. The molecule has 2 aromatic heterocycles. The molecule has 0 bridgehead atoms. The van der Waals surface area contributed by atoms with Gasteiger partial charge < -0.3 is 14.2 Å². The Bertz CT molecular complexity index is 1110. The Balaban J connectivity index is 1.49. The topological polar surface area (TPSA) is 67.0 Å². The molecule has 0 aliphatic carbocycles. The number of fused-ring (bicyclic) bond motifs is 1. The normalized spacial score (nSPS) is 15.7. The third kappa shape index (κ3) is 5.79. The van der Waals surface area contributed by atoms with Gasteiger partial charge in [0.05, 0.1) is 23.8 Å². The minimum absolute atomic E-state index is 0.137. The average molecular weight is 446 g/mol. The van der Waals surface area contributed by atoms with Gasteiger partial charge in [0.25, 0.3) is 0 Å². The Morgan fingerprint density at radius 1 is 1.15 bits per heavy atom. The Hall–Kier alpha value is -2.75. The number of hydrogen-bond acceptors (Lipinski definition) is 5. The number of nitriles is 1. The maximum absolute atomic E-state index is 9.26. The van der Waals surface area contributed by atoms with E-state index in [0.29, 0.717) is 5.92 Å². The van der Waals surface area contributed by atoms with Crippen LogP contribution in [0.4, 0.5) is 0 Å². The van der Waals surface area contributed by atoms with Crippen molar-refractivity contribution in [2.24, 2.45) is 5.41 Å². The van der Waals surface area contributed by atoms with Crippen molar-refractivity contribution in [3.8, 4) is 6.07 Å². The number of likely N-dealkylation sites (tertiary alicyclic amines) is 1. The molecule has 0 amide bonds. The van der Waals surface area contributed by atoms with Crippen LogP contribution in [0.15, 0.2) is 36.7 Å². The molecule has 1 fully saturated rings. The SMILES string of the molecule is COCCN1CCC(c2ccc(Cn3cc(CC(C)(C)C)c4nc(C#N)ncc43)cc2)CC1. The molecule has 1 saturated heterocycles. The van der Waals surface area contributed by atoms with Gasteiger partial charge >= 0.3 is 0 Å². The lowest BCUT2D eigenvalue weighted by atomic mass is 9.89. The van der Waals surface area contributed by atoms with Crippen LogP contribution >= 0.6 is 0 Å². The van der Waals surface area contributed by atoms with Gasteiger partial charge in [-0.25, -0.2) is 9.97 Å². The van der Waals surface area contributed by atoms with Crippen molar-refractivity contribution < 1.29 is 4.74 Å². The highest BCUT2D eigenvalue weighted by Crippen LogP contribution is 2.30. The zero-order valence-electron chi connectivity index (χ0n) is 20.3. The summed E-state index contributed by atoms with van der Waals surface area (Å²) >= 11 is 0. The van der Waals surface area contributed by atoms with Gasteiger partial charge in [-0.3, -0.25) is 0 Å². The maximum Gasteiger partial charge on any atom is 0.232 e. The second-order valence-corrected chi connectivity index (χ2v) is 10.4. The highest BCUT2D eigenvalue weighted by atomic mass is 16.5. The first-order valence-electron chi connectivity index (χ1n) is 11.9. The molecule has 3 aromatic rings. The fraction of sp³-hybridized carbons (Fsp3) is 0.519. The van der Waals surface area contributed by atoms with Gasteiger partial charge in [0, 0.05) is 26.4 Å². The smallest absolute Gasteiger partial charge is 0.232 e. The lowest BCUT2D eigenvalue weighted by Gasteiger charge is -2.32. The van der Waals surface area contributed by atoms with Crippen LogP contribution < -0.4 is 0 Å². The zero-order valence-corrected chi connectivity index (χ0v) is 20.3. The van der Waals surface area contributed by atoms with Gasteiger partial charge in [0.2, 0.25) is 5.82 Å². The lowest BCUT2D eigenvalue weighted by molar-refractivity contribution is 0.130. The molecule has 0 saturated carbocycles. The largest absolute Gasteiger partial charge is 0.383 e. The molecule has 1 aliphatic rings.